The summed E-state index contributed by atoms with van der Waals surface area (Å²) in [6.45, 7) is 0.146. The van der Waals surface area contributed by atoms with Gasteiger partial charge in [-0.25, -0.2) is 0 Å². The number of hydrogen-bond donors (Lipinski definition) is 1. The number of hydrogen-bond acceptors (Lipinski definition) is 6. The summed E-state index contributed by atoms with van der Waals surface area (Å²) in [6.07, 6.45) is 2.82. The Hall–Kier alpha value is -2.41. The summed E-state index contributed by atoms with van der Waals surface area (Å²) in [6, 6.07) is 13.7. The van der Waals surface area contributed by atoms with Crippen LogP contribution < -0.4 is 10.5 Å². The Morgan fingerprint density at radius 2 is 1.71 bits per heavy atom. The summed E-state index contributed by atoms with van der Waals surface area (Å²) in [5.74, 6) is 1.45. The van der Waals surface area contributed by atoms with Gasteiger partial charge in [-0.15, -0.1) is 12.4 Å². The predicted molar refractivity (Wildman–Crippen MR) is 107 cm³/mol. The zero-order chi connectivity index (χ0) is 18.9. The number of benzene rings is 2. The van der Waals surface area contributed by atoms with Crippen LogP contribution in [0.3, 0.4) is 0 Å². The van der Waals surface area contributed by atoms with Gasteiger partial charge in [-0.1, -0.05) is 16.8 Å². The molecule has 1 fully saturated rings. The van der Waals surface area contributed by atoms with Crippen LogP contribution in [0.4, 0.5) is 0 Å². The highest BCUT2D eigenvalue weighted by Crippen LogP contribution is 2.36. The van der Waals surface area contributed by atoms with Crippen LogP contribution in [0.25, 0.3) is 0 Å². The number of nitrogens with two attached hydrogens (primary N) is 1. The van der Waals surface area contributed by atoms with E-state index in [0.717, 1.165) is 19.3 Å². The third-order valence-electron chi connectivity index (χ3n) is 4.74. The van der Waals surface area contributed by atoms with Crippen molar-refractivity contribution in [1.29, 1.82) is 0 Å². The van der Waals surface area contributed by atoms with Crippen LogP contribution >= 0.6 is 24.0 Å². The van der Waals surface area contributed by atoms with Crippen LogP contribution in [0.1, 0.15) is 46.9 Å². The number of halogens is 2. The Balaban J connectivity index is 0.00000225. The molecule has 1 aromatic heterocycles. The second-order valence-corrected chi connectivity index (χ2v) is 7.11. The van der Waals surface area contributed by atoms with Gasteiger partial charge in [-0.2, -0.15) is 4.98 Å². The molecule has 2 aromatic carbocycles. The van der Waals surface area contributed by atoms with Crippen molar-refractivity contribution in [2.24, 2.45) is 5.73 Å². The van der Waals surface area contributed by atoms with Gasteiger partial charge < -0.3 is 15.0 Å². The van der Waals surface area contributed by atoms with Crippen LogP contribution in [0.5, 0.6) is 5.75 Å². The minimum Gasteiger partial charge on any atom is -0.484 e. The molecule has 4 rings (SSSR count). The second kappa shape index (κ2) is 8.31. The molecule has 1 aliphatic rings. The molecule has 0 radical (unpaired) electrons. The maximum absolute atomic E-state index is 12.4. The largest absolute Gasteiger partial charge is 0.484 e. The minimum atomic E-state index is -0.453. The van der Waals surface area contributed by atoms with Crippen molar-refractivity contribution in [3.8, 4) is 5.75 Å². The lowest BCUT2D eigenvalue weighted by Crippen LogP contribution is -2.44. The van der Waals surface area contributed by atoms with Gasteiger partial charge >= 0.3 is 0 Å². The smallest absolute Gasteiger partial charge is 0.264 e. The zero-order valence-corrected chi connectivity index (χ0v) is 16.5. The Bertz CT molecular complexity index is 952. The van der Waals surface area contributed by atoms with Gasteiger partial charge in [0.15, 0.2) is 18.2 Å². The Labute approximate surface area is 173 Å². The molecular weight excluding hydrogens is 401 g/mol. The van der Waals surface area contributed by atoms with Crippen molar-refractivity contribution in [3.05, 3.63) is 76.4 Å². The Morgan fingerprint density at radius 1 is 1.11 bits per heavy atom. The first-order valence-corrected chi connectivity index (χ1v) is 9.06. The summed E-state index contributed by atoms with van der Waals surface area (Å²) in [5, 5.41) is 4.55. The van der Waals surface area contributed by atoms with Gasteiger partial charge in [0.2, 0.25) is 0 Å². The van der Waals surface area contributed by atoms with Crippen molar-refractivity contribution in [2.75, 3.05) is 0 Å². The summed E-state index contributed by atoms with van der Waals surface area (Å²) >= 11 is 5.85. The molecule has 1 aliphatic carbocycles. The molecule has 146 valence electrons. The van der Waals surface area contributed by atoms with E-state index in [1.54, 1.807) is 48.5 Å². The summed E-state index contributed by atoms with van der Waals surface area (Å²) in [4.78, 5) is 16.8. The highest BCUT2D eigenvalue weighted by molar-refractivity contribution is 6.30. The Morgan fingerprint density at radius 3 is 2.29 bits per heavy atom. The fourth-order valence-electron chi connectivity index (χ4n) is 2.91. The van der Waals surface area contributed by atoms with E-state index in [-0.39, 0.29) is 24.8 Å². The molecule has 0 atom stereocenters. The molecular formula is C20H19Cl2N3O3. The standard InChI is InChI=1S/C20H18ClN3O3.ClH/c21-15-6-2-13(3-7-15)18(25)14-4-8-16(9-5-14)26-12-17-23-19(24-27-17)20(22)10-1-11-20;/h2-9H,1,10-12,22H2;1H. The number of rotatable bonds is 6. The normalized spacial score (nSPS) is 14.6. The van der Waals surface area contributed by atoms with Crippen molar-refractivity contribution < 1.29 is 14.1 Å². The minimum absolute atomic E-state index is 0. The lowest BCUT2D eigenvalue weighted by Gasteiger charge is -2.34. The molecule has 1 saturated carbocycles. The first-order chi connectivity index (χ1) is 13.0. The molecule has 0 spiro atoms. The SMILES string of the molecule is Cl.NC1(c2noc(COc3ccc(C(=O)c4ccc(Cl)cc4)cc3)n2)CCC1. The van der Waals surface area contributed by atoms with Gasteiger partial charge in [0.1, 0.15) is 5.75 Å². The van der Waals surface area contributed by atoms with Gasteiger partial charge in [0.25, 0.3) is 5.89 Å². The molecule has 0 bridgehead atoms. The highest BCUT2D eigenvalue weighted by atomic mass is 35.5. The number of carbonyl (C=O) groups excluding carboxylic acids is 1. The summed E-state index contributed by atoms with van der Waals surface area (Å²) < 4.78 is 10.9. The maximum atomic E-state index is 12.4. The number of carbonyl (C=O) groups is 1. The van der Waals surface area contributed by atoms with E-state index in [1.807, 2.05) is 0 Å². The van der Waals surface area contributed by atoms with Gasteiger partial charge in [-0.05, 0) is 67.8 Å². The molecule has 1 heterocycles. The fourth-order valence-corrected chi connectivity index (χ4v) is 3.04. The average molecular weight is 420 g/mol. The van der Waals surface area contributed by atoms with Crippen LogP contribution in [-0.4, -0.2) is 15.9 Å². The predicted octanol–water partition coefficient (Wildman–Crippen LogP) is 4.29. The lowest BCUT2D eigenvalue weighted by atomic mass is 9.77. The first-order valence-electron chi connectivity index (χ1n) is 8.69. The quantitative estimate of drug-likeness (QED) is 0.599. The summed E-state index contributed by atoms with van der Waals surface area (Å²) in [7, 11) is 0. The molecule has 3 aromatic rings. The average Bonchev–Trinajstić information content (AvgIpc) is 3.14. The van der Waals surface area contributed by atoms with E-state index < -0.39 is 5.54 Å². The van der Waals surface area contributed by atoms with Crippen LogP contribution in [0.2, 0.25) is 5.02 Å². The number of ether oxygens (including phenoxy) is 1. The van der Waals surface area contributed by atoms with Gasteiger partial charge in [-0.3, -0.25) is 4.79 Å². The van der Waals surface area contributed by atoms with Crippen LogP contribution in [0, 0.1) is 0 Å². The van der Waals surface area contributed by atoms with E-state index in [9.17, 15) is 4.79 Å². The summed E-state index contributed by atoms with van der Waals surface area (Å²) in [5.41, 5.74) is 6.88. The molecule has 0 unspecified atom stereocenters. The molecule has 28 heavy (non-hydrogen) atoms. The van der Waals surface area contributed by atoms with E-state index in [0.29, 0.717) is 33.6 Å². The van der Waals surface area contributed by atoms with E-state index in [2.05, 4.69) is 10.1 Å². The monoisotopic (exact) mass is 419 g/mol. The van der Waals surface area contributed by atoms with Gasteiger partial charge in [0, 0.05) is 16.1 Å². The van der Waals surface area contributed by atoms with E-state index in [1.165, 1.54) is 0 Å². The number of nitrogens with zero attached hydrogens (tertiary/aromatic N) is 2. The van der Waals surface area contributed by atoms with Crippen LogP contribution in [0.15, 0.2) is 53.1 Å². The molecule has 0 amide bonds. The molecule has 8 heteroatoms. The fraction of sp³-hybridized carbons (Fsp3) is 0.250. The van der Waals surface area contributed by atoms with Crippen LogP contribution in [-0.2, 0) is 12.1 Å². The van der Waals surface area contributed by atoms with E-state index >= 15 is 0 Å². The van der Waals surface area contributed by atoms with Crippen molar-refractivity contribution in [2.45, 2.75) is 31.4 Å². The van der Waals surface area contributed by atoms with E-state index in [4.69, 9.17) is 26.6 Å². The van der Waals surface area contributed by atoms with Crippen molar-refractivity contribution in [3.63, 3.8) is 0 Å². The number of aromatic nitrogens is 2. The maximum Gasteiger partial charge on any atom is 0.264 e. The topological polar surface area (TPSA) is 91.2 Å². The third kappa shape index (κ3) is 4.19. The molecule has 2 N–H and O–H groups in total. The zero-order valence-electron chi connectivity index (χ0n) is 14.9. The first kappa shape index (κ1) is 20.3. The van der Waals surface area contributed by atoms with Crippen molar-refractivity contribution >= 4 is 29.8 Å². The molecule has 0 saturated heterocycles. The third-order valence-corrected chi connectivity index (χ3v) is 5.00. The molecule has 6 nitrogen and oxygen atoms in total. The lowest BCUT2D eigenvalue weighted by molar-refractivity contribution is 0.103. The second-order valence-electron chi connectivity index (χ2n) is 6.67. The highest BCUT2D eigenvalue weighted by Gasteiger charge is 2.38. The number of ketones is 1. The molecule has 0 aliphatic heterocycles. The Kier molecular flexibility index (Phi) is 6.03. The van der Waals surface area contributed by atoms with Crippen molar-refractivity contribution in [1.82, 2.24) is 10.1 Å². The van der Waals surface area contributed by atoms with Gasteiger partial charge in [0.05, 0.1) is 5.54 Å².